The molecule has 6 heteroatoms. The number of rotatable bonds is 6. The van der Waals surface area contributed by atoms with E-state index in [-0.39, 0.29) is 30.5 Å². The second kappa shape index (κ2) is 6.18. The van der Waals surface area contributed by atoms with Gasteiger partial charge in [-0.05, 0) is 12.5 Å². The van der Waals surface area contributed by atoms with E-state index in [0.29, 0.717) is 12.2 Å². The van der Waals surface area contributed by atoms with Crippen molar-refractivity contribution in [3.05, 3.63) is 57.5 Å². The van der Waals surface area contributed by atoms with Crippen molar-refractivity contribution in [3.8, 4) is 0 Å². The Hall–Kier alpha value is -2.37. The van der Waals surface area contributed by atoms with Gasteiger partial charge in [-0.1, -0.05) is 30.3 Å². The molecule has 1 aromatic rings. The fraction of sp³-hybridized carbons (Fsp3) is 0.357. The van der Waals surface area contributed by atoms with Crippen molar-refractivity contribution < 1.29 is 19.2 Å². The molecule has 0 aromatic heterocycles. The van der Waals surface area contributed by atoms with Crippen molar-refractivity contribution in [2.45, 2.75) is 12.8 Å². The minimum atomic E-state index is -0.650. The van der Waals surface area contributed by atoms with Crippen LogP contribution in [-0.2, 0) is 14.3 Å². The van der Waals surface area contributed by atoms with Gasteiger partial charge in [-0.25, -0.2) is 0 Å². The first kappa shape index (κ1) is 14.0. The number of benzene rings is 1. The summed E-state index contributed by atoms with van der Waals surface area (Å²) in [6.45, 7) is 1.62. The molecule has 106 valence electrons. The Morgan fingerprint density at radius 2 is 2.10 bits per heavy atom. The number of nitro groups is 1. The van der Waals surface area contributed by atoms with Crippen molar-refractivity contribution in [1.82, 2.24) is 0 Å². The summed E-state index contributed by atoms with van der Waals surface area (Å²) in [6, 6.07) is 8.90. The van der Waals surface area contributed by atoms with Gasteiger partial charge in [0, 0.05) is 4.92 Å². The highest BCUT2D eigenvalue weighted by atomic mass is 16.7. The number of carbonyl (C=O) groups excluding carboxylic acids is 1. The summed E-state index contributed by atoms with van der Waals surface area (Å²) >= 11 is 0. The molecule has 1 unspecified atom stereocenters. The van der Waals surface area contributed by atoms with Gasteiger partial charge >= 0.3 is 0 Å². The maximum absolute atomic E-state index is 12.0. The predicted octanol–water partition coefficient (Wildman–Crippen LogP) is 1.89. The van der Waals surface area contributed by atoms with Gasteiger partial charge in [-0.2, -0.15) is 0 Å². The van der Waals surface area contributed by atoms with Crippen LogP contribution in [0.4, 0.5) is 0 Å². The summed E-state index contributed by atoms with van der Waals surface area (Å²) in [6.07, 6.45) is 0. The summed E-state index contributed by atoms with van der Waals surface area (Å²) in [4.78, 5) is 22.4. The van der Waals surface area contributed by atoms with Crippen LogP contribution in [-0.4, -0.2) is 30.5 Å². The van der Waals surface area contributed by atoms with E-state index in [4.69, 9.17) is 9.47 Å². The van der Waals surface area contributed by atoms with Gasteiger partial charge in [0.15, 0.2) is 6.61 Å². The number of ether oxygens (including phenoxy) is 2. The molecule has 1 aromatic carbocycles. The van der Waals surface area contributed by atoms with Crippen LogP contribution in [0, 0.1) is 10.1 Å². The van der Waals surface area contributed by atoms with Gasteiger partial charge in [-0.3, -0.25) is 14.9 Å². The van der Waals surface area contributed by atoms with Crippen LogP contribution >= 0.6 is 0 Å². The fourth-order valence-electron chi connectivity index (χ4n) is 2.19. The predicted molar refractivity (Wildman–Crippen MR) is 70.7 cm³/mol. The van der Waals surface area contributed by atoms with Crippen LogP contribution in [0.15, 0.2) is 41.9 Å². The topological polar surface area (TPSA) is 78.7 Å². The largest absolute Gasteiger partial charge is 0.465 e. The molecule has 0 saturated carbocycles. The molecule has 6 nitrogen and oxygen atoms in total. The van der Waals surface area contributed by atoms with Gasteiger partial charge in [-0.15, -0.1) is 0 Å². The normalized spacial score (nSPS) is 15.9. The fourth-order valence-corrected chi connectivity index (χ4v) is 2.19. The van der Waals surface area contributed by atoms with Crippen LogP contribution < -0.4 is 0 Å². The van der Waals surface area contributed by atoms with Gasteiger partial charge in [0.1, 0.15) is 0 Å². The Morgan fingerprint density at radius 1 is 1.40 bits per heavy atom. The molecule has 0 spiro atoms. The van der Waals surface area contributed by atoms with Crippen LogP contribution in [0.2, 0.25) is 0 Å². The van der Waals surface area contributed by atoms with Crippen molar-refractivity contribution in [3.63, 3.8) is 0 Å². The van der Waals surface area contributed by atoms with E-state index in [1.807, 2.05) is 6.07 Å². The number of carbonyl (C=O) groups is 1. The maximum atomic E-state index is 12.0. The smallest absolute Gasteiger partial charge is 0.287 e. The number of hydrogen-bond donors (Lipinski definition) is 0. The van der Waals surface area contributed by atoms with Gasteiger partial charge < -0.3 is 9.47 Å². The summed E-state index contributed by atoms with van der Waals surface area (Å²) in [7, 11) is 0. The third-order valence-electron chi connectivity index (χ3n) is 3.01. The maximum Gasteiger partial charge on any atom is 0.287 e. The number of ketones is 1. The lowest BCUT2D eigenvalue weighted by atomic mass is 9.90. The van der Waals surface area contributed by atoms with E-state index in [9.17, 15) is 14.9 Å². The quantitative estimate of drug-likeness (QED) is 0.586. The van der Waals surface area contributed by atoms with Crippen LogP contribution in [0.1, 0.15) is 18.4 Å². The zero-order chi connectivity index (χ0) is 14.5. The van der Waals surface area contributed by atoms with Gasteiger partial charge in [0.2, 0.25) is 12.3 Å². The molecule has 20 heavy (non-hydrogen) atoms. The van der Waals surface area contributed by atoms with E-state index >= 15 is 0 Å². The van der Waals surface area contributed by atoms with E-state index in [1.165, 1.54) is 0 Å². The molecule has 0 amide bonds. The summed E-state index contributed by atoms with van der Waals surface area (Å²) < 4.78 is 10.5. The first-order valence-corrected chi connectivity index (χ1v) is 6.33. The van der Waals surface area contributed by atoms with E-state index < -0.39 is 10.8 Å². The summed E-state index contributed by atoms with van der Waals surface area (Å²) in [5.41, 5.74) is 0.963. The highest BCUT2D eigenvalue weighted by Crippen LogP contribution is 2.32. The minimum absolute atomic E-state index is 0.119. The number of hydrogen-bond acceptors (Lipinski definition) is 5. The Bertz CT molecular complexity index is 538. The second-order valence-electron chi connectivity index (χ2n) is 4.32. The molecular weight excluding hydrogens is 262 g/mol. The first-order valence-electron chi connectivity index (χ1n) is 6.33. The lowest BCUT2D eigenvalue weighted by Gasteiger charge is -2.14. The molecule has 1 heterocycles. The molecule has 2 rings (SSSR count). The van der Waals surface area contributed by atoms with Gasteiger partial charge in [0.25, 0.3) is 5.95 Å². The molecule has 0 N–H and O–H groups in total. The summed E-state index contributed by atoms with van der Waals surface area (Å²) in [5, 5.41) is 10.9. The third kappa shape index (κ3) is 2.96. The number of nitrogens with zero attached hydrogens (tertiary/aromatic N) is 1. The highest BCUT2D eigenvalue weighted by molar-refractivity contribution is 5.99. The van der Waals surface area contributed by atoms with E-state index in [0.717, 1.165) is 0 Å². The lowest BCUT2D eigenvalue weighted by Crippen LogP contribution is -2.19. The van der Waals surface area contributed by atoms with Crippen molar-refractivity contribution >= 4 is 5.78 Å². The van der Waals surface area contributed by atoms with Crippen molar-refractivity contribution in [2.75, 3.05) is 19.8 Å². The zero-order valence-electron chi connectivity index (χ0n) is 11.1. The summed E-state index contributed by atoms with van der Waals surface area (Å²) in [5.74, 6) is -0.792. The SMILES string of the molecule is CCOC1=C(C(C[N+](=O)[O-])c2ccccc2)C(=O)CO1. The lowest BCUT2D eigenvalue weighted by molar-refractivity contribution is -0.481. The third-order valence-corrected chi connectivity index (χ3v) is 3.01. The van der Waals surface area contributed by atoms with Crippen molar-refractivity contribution in [1.29, 1.82) is 0 Å². The Morgan fingerprint density at radius 3 is 2.70 bits per heavy atom. The van der Waals surface area contributed by atoms with E-state index in [2.05, 4.69) is 0 Å². The zero-order valence-corrected chi connectivity index (χ0v) is 11.1. The average molecular weight is 277 g/mol. The molecule has 0 fully saturated rings. The van der Waals surface area contributed by atoms with Crippen LogP contribution in [0.3, 0.4) is 0 Å². The van der Waals surface area contributed by atoms with Crippen LogP contribution in [0.5, 0.6) is 0 Å². The first-order chi connectivity index (χ1) is 9.63. The highest BCUT2D eigenvalue weighted by Gasteiger charge is 2.36. The average Bonchev–Trinajstić information content (AvgIpc) is 2.79. The van der Waals surface area contributed by atoms with Crippen LogP contribution in [0.25, 0.3) is 0 Å². The molecule has 1 atom stereocenters. The molecule has 0 aliphatic carbocycles. The second-order valence-corrected chi connectivity index (χ2v) is 4.32. The number of Topliss-reactive ketones (excluding diaryl/α,β-unsaturated/α-hetero) is 1. The van der Waals surface area contributed by atoms with Gasteiger partial charge in [0.05, 0.1) is 18.1 Å². The van der Waals surface area contributed by atoms with Crippen molar-refractivity contribution in [2.24, 2.45) is 0 Å². The standard InChI is InChI=1S/C14H15NO5/c1-2-19-14-13(12(16)9-20-14)11(8-15(17)18)10-6-4-3-5-7-10/h3-7,11H,2,8-9H2,1H3. The Labute approximate surface area is 116 Å². The molecule has 0 bridgehead atoms. The minimum Gasteiger partial charge on any atom is -0.465 e. The Kier molecular flexibility index (Phi) is 4.34. The molecule has 0 radical (unpaired) electrons. The Balaban J connectivity index is 2.42. The van der Waals surface area contributed by atoms with E-state index in [1.54, 1.807) is 31.2 Å². The molecule has 1 aliphatic heterocycles. The molecule has 0 saturated heterocycles. The molecule has 1 aliphatic rings. The molecular formula is C14H15NO5. The monoisotopic (exact) mass is 277 g/mol.